The molecule has 1 aromatic carbocycles. The largest absolute Gasteiger partial charge is 0.480 e. The number of aliphatic carboxylic acids is 1. The minimum atomic E-state index is -1.85. The topological polar surface area (TPSA) is 85.6 Å². The number of aromatic nitrogens is 1. The van der Waals surface area contributed by atoms with E-state index in [0.29, 0.717) is 10.6 Å². The smallest absolute Gasteiger partial charge is 0.343 e. The Kier molecular flexibility index (Phi) is 4.63. The van der Waals surface area contributed by atoms with Crippen LogP contribution in [-0.4, -0.2) is 28.2 Å². The zero-order chi connectivity index (χ0) is 18.2. The Hall–Kier alpha value is -2.84. The van der Waals surface area contributed by atoms with Crippen LogP contribution in [0, 0.1) is 17.5 Å². The number of halogens is 3. The van der Waals surface area contributed by atoms with E-state index in [1.54, 1.807) is 0 Å². The first kappa shape index (κ1) is 17.5. The van der Waals surface area contributed by atoms with Crippen LogP contribution in [0.3, 0.4) is 0 Å². The number of carbonyl (C=O) groups is 2. The van der Waals surface area contributed by atoms with Crippen LogP contribution < -0.4 is 5.43 Å². The standard InChI is InChI=1S/C15H12F3NO5/c1-3-24-15(23)8-5-19(6(2)14(21)22)12-7(13(8)20)4-9(16)10(17)11(12)18/h4-6H,3H2,1-2H3,(H,21,22). The van der Waals surface area contributed by atoms with E-state index in [-0.39, 0.29) is 6.61 Å². The fourth-order valence-corrected chi connectivity index (χ4v) is 2.20. The Labute approximate surface area is 133 Å². The molecule has 1 unspecified atom stereocenters. The first-order chi connectivity index (χ1) is 11.2. The summed E-state index contributed by atoms with van der Waals surface area (Å²) in [6.45, 7) is 2.53. The van der Waals surface area contributed by atoms with Crippen molar-refractivity contribution in [2.45, 2.75) is 19.9 Å². The van der Waals surface area contributed by atoms with Crippen LogP contribution in [0.2, 0.25) is 0 Å². The minimum Gasteiger partial charge on any atom is -0.480 e. The van der Waals surface area contributed by atoms with Crippen molar-refractivity contribution >= 4 is 22.8 Å². The molecule has 0 radical (unpaired) electrons. The maximum absolute atomic E-state index is 14.1. The van der Waals surface area contributed by atoms with Crippen molar-refractivity contribution < 1.29 is 32.6 Å². The molecule has 1 aromatic heterocycles. The van der Waals surface area contributed by atoms with Gasteiger partial charge in [0.05, 0.1) is 17.5 Å². The number of hydrogen-bond donors (Lipinski definition) is 1. The summed E-state index contributed by atoms with van der Waals surface area (Å²) in [4.78, 5) is 35.3. The van der Waals surface area contributed by atoms with Crippen molar-refractivity contribution in [1.82, 2.24) is 4.57 Å². The Morgan fingerprint density at radius 3 is 2.46 bits per heavy atom. The van der Waals surface area contributed by atoms with Gasteiger partial charge in [-0.15, -0.1) is 0 Å². The molecule has 9 heteroatoms. The second kappa shape index (κ2) is 6.34. The molecule has 1 N–H and O–H groups in total. The molecule has 24 heavy (non-hydrogen) atoms. The van der Waals surface area contributed by atoms with Crippen LogP contribution in [0.25, 0.3) is 10.9 Å². The molecule has 0 saturated carbocycles. The number of carboxylic acids is 1. The van der Waals surface area contributed by atoms with Gasteiger partial charge in [0.15, 0.2) is 17.5 Å². The number of benzene rings is 1. The van der Waals surface area contributed by atoms with Gasteiger partial charge in [0.1, 0.15) is 11.6 Å². The van der Waals surface area contributed by atoms with Gasteiger partial charge in [-0.1, -0.05) is 0 Å². The molecule has 2 aromatic rings. The predicted octanol–water partition coefficient (Wildman–Crippen LogP) is 2.24. The summed E-state index contributed by atoms with van der Waals surface area (Å²) in [7, 11) is 0. The second-order valence-electron chi connectivity index (χ2n) is 4.90. The molecule has 0 aliphatic carbocycles. The first-order valence-electron chi connectivity index (χ1n) is 6.82. The number of pyridine rings is 1. The summed E-state index contributed by atoms with van der Waals surface area (Å²) in [6.07, 6.45) is 0.766. The van der Waals surface area contributed by atoms with Crippen LogP contribution >= 0.6 is 0 Å². The molecular weight excluding hydrogens is 331 g/mol. The summed E-state index contributed by atoms with van der Waals surface area (Å²) in [5.74, 6) is -7.71. The van der Waals surface area contributed by atoms with Crippen molar-refractivity contribution in [2.75, 3.05) is 6.61 Å². The highest BCUT2D eigenvalue weighted by atomic mass is 19.2. The first-order valence-corrected chi connectivity index (χ1v) is 6.82. The monoisotopic (exact) mass is 343 g/mol. The summed E-state index contributed by atoms with van der Waals surface area (Å²) in [5, 5.41) is 8.44. The fourth-order valence-electron chi connectivity index (χ4n) is 2.20. The average molecular weight is 343 g/mol. The molecule has 0 amide bonds. The van der Waals surface area contributed by atoms with E-state index < -0.39 is 57.3 Å². The number of hydrogen-bond acceptors (Lipinski definition) is 4. The third-order valence-corrected chi connectivity index (χ3v) is 3.42. The number of nitrogens with zero attached hydrogens (tertiary/aromatic N) is 1. The van der Waals surface area contributed by atoms with Crippen LogP contribution in [0.15, 0.2) is 17.1 Å². The summed E-state index contributed by atoms with van der Waals surface area (Å²) >= 11 is 0. The van der Waals surface area contributed by atoms with Gasteiger partial charge in [0.2, 0.25) is 5.43 Å². The highest BCUT2D eigenvalue weighted by Crippen LogP contribution is 2.24. The molecule has 2 rings (SSSR count). The van der Waals surface area contributed by atoms with E-state index in [1.807, 2.05) is 0 Å². The summed E-state index contributed by atoms with van der Waals surface area (Å²) in [6, 6.07) is -1.04. The Bertz CT molecular complexity index is 906. The number of rotatable bonds is 4. The zero-order valence-electron chi connectivity index (χ0n) is 12.6. The van der Waals surface area contributed by atoms with Gasteiger partial charge in [-0.05, 0) is 19.9 Å². The van der Waals surface area contributed by atoms with Crippen molar-refractivity contribution in [3.05, 3.63) is 45.5 Å². The van der Waals surface area contributed by atoms with Gasteiger partial charge in [0.25, 0.3) is 0 Å². The third-order valence-electron chi connectivity index (χ3n) is 3.42. The van der Waals surface area contributed by atoms with Crippen LogP contribution in [-0.2, 0) is 9.53 Å². The predicted molar refractivity (Wildman–Crippen MR) is 76.4 cm³/mol. The third kappa shape index (κ3) is 2.72. The summed E-state index contributed by atoms with van der Waals surface area (Å²) in [5.41, 5.74) is -2.44. The van der Waals surface area contributed by atoms with E-state index in [1.165, 1.54) is 6.92 Å². The lowest BCUT2D eigenvalue weighted by Crippen LogP contribution is -2.25. The van der Waals surface area contributed by atoms with E-state index in [9.17, 15) is 27.6 Å². The quantitative estimate of drug-likeness (QED) is 0.680. The summed E-state index contributed by atoms with van der Waals surface area (Å²) < 4.78 is 46.5. The molecule has 0 aliphatic rings. The Balaban J connectivity index is 2.98. The van der Waals surface area contributed by atoms with Crippen LogP contribution in [0.1, 0.15) is 30.2 Å². The average Bonchev–Trinajstić information content (AvgIpc) is 2.53. The maximum Gasteiger partial charge on any atom is 0.343 e. The van der Waals surface area contributed by atoms with Gasteiger partial charge in [0, 0.05) is 6.20 Å². The van der Waals surface area contributed by atoms with E-state index >= 15 is 0 Å². The Morgan fingerprint density at radius 1 is 1.29 bits per heavy atom. The van der Waals surface area contributed by atoms with Crippen molar-refractivity contribution in [2.24, 2.45) is 0 Å². The molecule has 128 valence electrons. The van der Waals surface area contributed by atoms with Crippen LogP contribution in [0.5, 0.6) is 0 Å². The maximum atomic E-state index is 14.1. The molecule has 0 spiro atoms. The molecular formula is C15H12F3NO5. The number of carboxylic acid groups (broad SMARTS) is 1. The van der Waals surface area contributed by atoms with Crippen molar-refractivity contribution in [3.63, 3.8) is 0 Å². The lowest BCUT2D eigenvalue weighted by Gasteiger charge is -2.17. The van der Waals surface area contributed by atoms with Gasteiger partial charge in [-0.2, -0.15) is 0 Å². The number of esters is 1. The van der Waals surface area contributed by atoms with Crippen molar-refractivity contribution in [1.29, 1.82) is 0 Å². The van der Waals surface area contributed by atoms with Gasteiger partial charge >= 0.3 is 11.9 Å². The van der Waals surface area contributed by atoms with E-state index in [4.69, 9.17) is 5.11 Å². The van der Waals surface area contributed by atoms with Gasteiger partial charge < -0.3 is 14.4 Å². The molecule has 0 saturated heterocycles. The Morgan fingerprint density at radius 2 is 1.92 bits per heavy atom. The zero-order valence-corrected chi connectivity index (χ0v) is 12.6. The van der Waals surface area contributed by atoms with Gasteiger partial charge in [-0.25, -0.2) is 22.8 Å². The lowest BCUT2D eigenvalue weighted by molar-refractivity contribution is -0.140. The molecule has 0 fully saturated rings. The number of fused-ring (bicyclic) bond motifs is 1. The van der Waals surface area contributed by atoms with Gasteiger partial charge in [-0.3, -0.25) is 4.79 Å². The normalized spacial score (nSPS) is 12.2. The molecule has 1 atom stereocenters. The SMILES string of the molecule is CCOC(=O)c1cn(C(C)C(=O)O)c2c(F)c(F)c(F)cc2c1=O. The molecule has 0 aliphatic heterocycles. The van der Waals surface area contributed by atoms with Crippen LogP contribution in [0.4, 0.5) is 13.2 Å². The minimum absolute atomic E-state index is 0.0725. The fraction of sp³-hybridized carbons (Fsp3) is 0.267. The molecule has 0 bridgehead atoms. The molecule has 1 heterocycles. The number of carbonyl (C=O) groups excluding carboxylic acids is 1. The molecule has 6 nitrogen and oxygen atoms in total. The van der Waals surface area contributed by atoms with E-state index in [0.717, 1.165) is 13.1 Å². The highest BCUT2D eigenvalue weighted by Gasteiger charge is 2.26. The van der Waals surface area contributed by atoms with Crippen molar-refractivity contribution in [3.8, 4) is 0 Å². The second-order valence-corrected chi connectivity index (χ2v) is 4.90. The lowest BCUT2D eigenvalue weighted by atomic mass is 10.1. The number of ether oxygens (including phenoxy) is 1. The van der Waals surface area contributed by atoms with E-state index in [2.05, 4.69) is 4.74 Å². The highest BCUT2D eigenvalue weighted by molar-refractivity contribution is 5.94.